The Morgan fingerprint density at radius 3 is 2.45 bits per heavy atom. The summed E-state index contributed by atoms with van der Waals surface area (Å²) < 4.78 is 21.2. The monoisotopic (exact) mass is 437 g/mol. The van der Waals surface area contributed by atoms with E-state index in [1.165, 1.54) is 6.07 Å². The maximum atomic E-state index is 14.8. The van der Waals surface area contributed by atoms with Gasteiger partial charge in [0.05, 0.1) is 22.7 Å². The summed E-state index contributed by atoms with van der Waals surface area (Å²) in [7, 11) is 0. The minimum atomic E-state index is -0.802. The number of carbonyl (C=O) groups excluding carboxylic acids is 1. The van der Waals surface area contributed by atoms with Gasteiger partial charge in [-0.25, -0.2) is 9.37 Å². The maximum absolute atomic E-state index is 14.8. The molecular formula is C23H17ClFN3O3. The number of rotatable bonds is 7. The van der Waals surface area contributed by atoms with Crippen molar-refractivity contribution in [1.82, 2.24) is 9.55 Å². The Hall–Kier alpha value is -3.71. The third-order valence-corrected chi connectivity index (χ3v) is 5.04. The number of anilines is 2. The molecule has 0 amide bonds. The molecule has 0 radical (unpaired) electrons. The minimum Gasteiger partial charge on any atom is -0.467 e. The van der Waals surface area contributed by atoms with E-state index in [2.05, 4.69) is 15.0 Å². The second kappa shape index (κ2) is 8.97. The number of para-hydroxylation sites is 2. The van der Waals surface area contributed by atoms with E-state index in [0.29, 0.717) is 11.5 Å². The first-order valence-electron chi connectivity index (χ1n) is 9.46. The highest BCUT2D eigenvalue weighted by Gasteiger charge is 2.21. The van der Waals surface area contributed by atoms with Crippen molar-refractivity contribution < 1.29 is 13.9 Å². The van der Waals surface area contributed by atoms with E-state index in [0.717, 1.165) is 5.69 Å². The van der Waals surface area contributed by atoms with Gasteiger partial charge >= 0.3 is 0 Å². The fraction of sp³-hybridized carbons (Fsp3) is 0.0870. The lowest BCUT2D eigenvalue weighted by Gasteiger charge is -2.19. The van der Waals surface area contributed by atoms with Crippen LogP contribution in [0.2, 0.25) is 5.02 Å². The van der Waals surface area contributed by atoms with Gasteiger partial charge < -0.3 is 10.1 Å². The molecule has 6 nitrogen and oxygen atoms in total. The van der Waals surface area contributed by atoms with Gasteiger partial charge in [0.2, 0.25) is 0 Å². The van der Waals surface area contributed by atoms with Crippen LogP contribution in [0.1, 0.15) is 5.69 Å². The molecule has 0 spiro atoms. The summed E-state index contributed by atoms with van der Waals surface area (Å²) in [5.41, 5.74) is 1.20. The Bertz CT molecular complexity index is 1290. The Kier molecular flexibility index (Phi) is 5.95. The average molecular weight is 438 g/mol. The van der Waals surface area contributed by atoms with E-state index >= 15 is 0 Å². The standard InChI is InChI=1S/C23H17ClFN3O3/c24-21-20-18(30)13-19(26-15-7-3-1-4-8-15)28(16-9-5-2-6-10-16)23(20)27-17(22(21)25)11-12-31-14-29/h1-10,13-14,26H,11-12H2. The molecule has 0 bridgehead atoms. The normalized spacial score (nSPS) is 10.8. The maximum Gasteiger partial charge on any atom is 0.293 e. The van der Waals surface area contributed by atoms with Crippen LogP contribution in [0, 0.1) is 5.82 Å². The number of hydrogen-bond donors (Lipinski definition) is 1. The number of hydrogen-bond acceptors (Lipinski definition) is 5. The van der Waals surface area contributed by atoms with Gasteiger partial charge in [-0.15, -0.1) is 0 Å². The molecule has 4 aromatic rings. The smallest absolute Gasteiger partial charge is 0.293 e. The molecule has 0 aliphatic carbocycles. The predicted octanol–water partition coefficient (Wildman–Crippen LogP) is 4.64. The summed E-state index contributed by atoms with van der Waals surface area (Å²) in [5.74, 6) is -0.357. The van der Waals surface area contributed by atoms with Crippen LogP contribution in [0.25, 0.3) is 16.7 Å². The zero-order valence-electron chi connectivity index (χ0n) is 16.2. The van der Waals surface area contributed by atoms with E-state index < -0.39 is 11.2 Å². The van der Waals surface area contributed by atoms with Crippen molar-refractivity contribution in [2.24, 2.45) is 0 Å². The van der Waals surface area contributed by atoms with Gasteiger partial charge in [-0.2, -0.15) is 0 Å². The van der Waals surface area contributed by atoms with Crippen LogP contribution < -0.4 is 10.7 Å². The molecule has 0 aliphatic heterocycles. The van der Waals surface area contributed by atoms with E-state index in [9.17, 15) is 14.0 Å². The molecule has 2 aromatic carbocycles. The first-order chi connectivity index (χ1) is 15.1. The third-order valence-electron chi connectivity index (χ3n) is 4.68. The zero-order valence-corrected chi connectivity index (χ0v) is 17.0. The van der Waals surface area contributed by atoms with E-state index in [4.69, 9.17) is 11.6 Å². The van der Waals surface area contributed by atoms with Gasteiger partial charge in [0.15, 0.2) is 16.9 Å². The minimum absolute atomic E-state index is 0.000271. The molecule has 2 heterocycles. The van der Waals surface area contributed by atoms with Crippen LogP contribution in [0.15, 0.2) is 71.5 Å². The van der Waals surface area contributed by atoms with Crippen LogP contribution in [0.5, 0.6) is 0 Å². The average Bonchev–Trinajstić information content (AvgIpc) is 2.78. The van der Waals surface area contributed by atoms with Crippen LogP contribution in [-0.2, 0) is 16.0 Å². The van der Waals surface area contributed by atoms with Gasteiger partial charge in [0, 0.05) is 23.9 Å². The van der Waals surface area contributed by atoms with E-state index in [-0.39, 0.29) is 41.2 Å². The summed E-state index contributed by atoms with van der Waals surface area (Å²) in [6.07, 6.45) is 0.0134. The molecule has 0 aliphatic rings. The number of halogens is 2. The molecule has 1 N–H and O–H groups in total. The van der Waals surface area contributed by atoms with Crippen molar-refractivity contribution in [1.29, 1.82) is 0 Å². The number of nitrogens with zero attached hydrogens (tertiary/aromatic N) is 2. The lowest BCUT2D eigenvalue weighted by Crippen LogP contribution is -2.16. The Balaban J connectivity index is 2.00. The van der Waals surface area contributed by atoms with Gasteiger partial charge in [0.25, 0.3) is 6.47 Å². The summed E-state index contributed by atoms with van der Waals surface area (Å²) in [4.78, 5) is 27.8. The highest BCUT2D eigenvalue weighted by molar-refractivity contribution is 6.35. The molecular weight excluding hydrogens is 421 g/mol. The fourth-order valence-electron chi connectivity index (χ4n) is 3.29. The number of fused-ring (bicyclic) bond motifs is 1. The first kappa shape index (κ1) is 20.6. The van der Waals surface area contributed by atoms with Crippen LogP contribution >= 0.6 is 11.6 Å². The Labute approximate surface area is 181 Å². The second-order valence-electron chi connectivity index (χ2n) is 6.66. The highest BCUT2D eigenvalue weighted by atomic mass is 35.5. The van der Waals surface area contributed by atoms with Crippen molar-refractivity contribution in [3.63, 3.8) is 0 Å². The Morgan fingerprint density at radius 2 is 1.77 bits per heavy atom. The summed E-state index contributed by atoms with van der Waals surface area (Å²) in [5, 5.41) is 2.89. The molecule has 0 fully saturated rings. The molecule has 0 atom stereocenters. The number of aromatic nitrogens is 2. The topological polar surface area (TPSA) is 73.2 Å². The third kappa shape index (κ3) is 4.13. The van der Waals surface area contributed by atoms with Crippen LogP contribution in [-0.4, -0.2) is 22.6 Å². The number of carbonyl (C=O) groups is 1. The summed E-state index contributed by atoms with van der Waals surface area (Å²) in [6.45, 7) is 0.217. The molecule has 31 heavy (non-hydrogen) atoms. The molecule has 2 aromatic heterocycles. The van der Waals surface area contributed by atoms with Crippen molar-refractivity contribution in [2.75, 3.05) is 11.9 Å². The first-order valence-corrected chi connectivity index (χ1v) is 9.84. The van der Waals surface area contributed by atoms with Crippen molar-refractivity contribution >= 4 is 40.6 Å². The van der Waals surface area contributed by atoms with Gasteiger partial charge in [-0.05, 0) is 24.3 Å². The lowest BCUT2D eigenvalue weighted by atomic mass is 10.2. The number of ether oxygens (including phenoxy) is 1. The van der Waals surface area contributed by atoms with Crippen LogP contribution in [0.4, 0.5) is 15.9 Å². The van der Waals surface area contributed by atoms with Gasteiger partial charge in [-0.1, -0.05) is 48.0 Å². The number of pyridine rings is 2. The molecule has 0 saturated heterocycles. The number of benzene rings is 2. The SMILES string of the molecule is O=COCCc1nc2c(c(Cl)c1F)c(=O)cc(Nc1ccccc1)n2-c1ccccc1. The van der Waals surface area contributed by atoms with E-state index in [1.807, 2.05) is 60.7 Å². The van der Waals surface area contributed by atoms with Gasteiger partial charge in [-0.3, -0.25) is 14.2 Å². The number of nitrogens with one attached hydrogen (secondary N) is 1. The largest absolute Gasteiger partial charge is 0.467 e. The summed E-state index contributed by atoms with van der Waals surface area (Å²) in [6, 6.07) is 19.9. The Morgan fingerprint density at radius 1 is 1.10 bits per heavy atom. The van der Waals surface area contributed by atoms with Crippen molar-refractivity contribution in [3.05, 3.63) is 93.5 Å². The quantitative estimate of drug-likeness (QED) is 0.337. The van der Waals surface area contributed by atoms with Gasteiger partial charge in [0.1, 0.15) is 5.82 Å². The second-order valence-corrected chi connectivity index (χ2v) is 7.04. The predicted molar refractivity (Wildman–Crippen MR) is 118 cm³/mol. The highest BCUT2D eigenvalue weighted by Crippen LogP contribution is 2.30. The molecule has 8 heteroatoms. The van der Waals surface area contributed by atoms with E-state index in [1.54, 1.807) is 4.57 Å². The fourth-order valence-corrected chi connectivity index (χ4v) is 3.58. The molecule has 4 rings (SSSR count). The summed E-state index contributed by atoms with van der Waals surface area (Å²) >= 11 is 6.26. The van der Waals surface area contributed by atoms with Crippen molar-refractivity contribution in [2.45, 2.75) is 6.42 Å². The van der Waals surface area contributed by atoms with Crippen molar-refractivity contribution in [3.8, 4) is 5.69 Å². The zero-order chi connectivity index (χ0) is 21.8. The lowest BCUT2D eigenvalue weighted by molar-refractivity contribution is -0.128. The molecule has 156 valence electrons. The molecule has 0 unspecified atom stereocenters. The van der Waals surface area contributed by atoms with Crippen LogP contribution in [0.3, 0.4) is 0 Å². The molecule has 0 saturated carbocycles.